The van der Waals surface area contributed by atoms with Gasteiger partial charge in [-0.15, -0.1) is 22.7 Å². The van der Waals surface area contributed by atoms with Gasteiger partial charge in [0.15, 0.2) is 11.7 Å². The van der Waals surface area contributed by atoms with Crippen molar-refractivity contribution in [3.05, 3.63) is 51.8 Å². The first-order valence-electron chi connectivity index (χ1n) is 8.83. The molecular weight excluding hydrogens is 408 g/mol. The van der Waals surface area contributed by atoms with Crippen molar-refractivity contribution in [3.8, 4) is 11.3 Å². The topological polar surface area (TPSA) is 86.1 Å². The van der Waals surface area contributed by atoms with Gasteiger partial charge in [0.05, 0.1) is 11.4 Å². The van der Waals surface area contributed by atoms with Gasteiger partial charge in [0, 0.05) is 23.4 Å². The van der Waals surface area contributed by atoms with Gasteiger partial charge >= 0.3 is 5.97 Å². The van der Waals surface area contributed by atoms with E-state index in [1.54, 1.807) is 10.7 Å². The fraction of sp³-hybridized carbons (Fsp3) is 0.200. The molecular formula is C20H18N4O3S2. The van der Waals surface area contributed by atoms with Crippen LogP contribution in [0.1, 0.15) is 20.9 Å². The molecule has 4 aromatic rings. The minimum Gasteiger partial charge on any atom is -0.451 e. The molecule has 1 aromatic carbocycles. The fourth-order valence-corrected chi connectivity index (χ4v) is 4.60. The number of hydrogen-bond acceptors (Lipinski definition) is 7. The van der Waals surface area contributed by atoms with Crippen LogP contribution in [0.15, 0.2) is 35.7 Å². The van der Waals surface area contributed by atoms with Crippen LogP contribution in [0.4, 0.5) is 5.13 Å². The van der Waals surface area contributed by atoms with E-state index in [0.29, 0.717) is 10.0 Å². The van der Waals surface area contributed by atoms with Crippen molar-refractivity contribution >= 4 is 49.9 Å². The van der Waals surface area contributed by atoms with Gasteiger partial charge in [-0.2, -0.15) is 5.10 Å². The average Bonchev–Trinajstić information content (AvgIpc) is 3.39. The quantitative estimate of drug-likeness (QED) is 0.484. The second-order valence-electron chi connectivity index (χ2n) is 6.57. The number of hydrogen-bond donors (Lipinski definition) is 1. The van der Waals surface area contributed by atoms with E-state index in [1.807, 2.05) is 50.5 Å². The Kier molecular flexibility index (Phi) is 5.16. The highest BCUT2D eigenvalue weighted by molar-refractivity contribution is 7.20. The summed E-state index contributed by atoms with van der Waals surface area (Å²) in [5.74, 6) is -0.956. The lowest BCUT2D eigenvalue weighted by Crippen LogP contribution is -2.20. The van der Waals surface area contributed by atoms with E-state index < -0.39 is 11.9 Å². The highest BCUT2D eigenvalue weighted by Crippen LogP contribution is 2.28. The lowest BCUT2D eigenvalue weighted by Gasteiger charge is -2.03. The average molecular weight is 427 g/mol. The van der Waals surface area contributed by atoms with Crippen molar-refractivity contribution < 1.29 is 14.3 Å². The zero-order valence-electron chi connectivity index (χ0n) is 16.1. The predicted molar refractivity (Wildman–Crippen MR) is 115 cm³/mol. The first-order chi connectivity index (χ1) is 13.9. The molecule has 0 spiro atoms. The first kappa shape index (κ1) is 19.3. The van der Waals surface area contributed by atoms with E-state index in [0.717, 1.165) is 27.2 Å². The Morgan fingerprint density at radius 2 is 1.97 bits per heavy atom. The summed E-state index contributed by atoms with van der Waals surface area (Å²) in [6.45, 7) is 3.54. The van der Waals surface area contributed by atoms with E-state index in [-0.39, 0.29) is 6.61 Å². The number of aromatic nitrogens is 3. The maximum atomic E-state index is 12.3. The molecule has 1 N–H and O–H groups in total. The Labute approximate surface area is 175 Å². The first-order valence-corrected chi connectivity index (χ1v) is 10.5. The molecule has 7 nitrogen and oxygen atoms in total. The van der Waals surface area contributed by atoms with Gasteiger partial charge in [-0.05, 0) is 19.9 Å². The summed E-state index contributed by atoms with van der Waals surface area (Å²) in [4.78, 5) is 30.2. The number of nitrogens with zero attached hydrogens (tertiary/aromatic N) is 3. The monoisotopic (exact) mass is 426 g/mol. The summed E-state index contributed by atoms with van der Waals surface area (Å²) in [5.41, 5.74) is 3.79. The maximum Gasteiger partial charge on any atom is 0.348 e. The molecule has 0 saturated heterocycles. The molecule has 0 saturated carbocycles. The summed E-state index contributed by atoms with van der Waals surface area (Å²) < 4.78 is 6.88. The molecule has 0 fully saturated rings. The predicted octanol–water partition coefficient (Wildman–Crippen LogP) is 4.17. The Bertz CT molecular complexity index is 1170. The number of benzene rings is 1. The van der Waals surface area contributed by atoms with Crippen LogP contribution in [-0.4, -0.2) is 33.2 Å². The van der Waals surface area contributed by atoms with Crippen molar-refractivity contribution in [3.63, 3.8) is 0 Å². The Morgan fingerprint density at radius 1 is 1.21 bits per heavy atom. The minimum absolute atomic E-state index is 0.371. The van der Waals surface area contributed by atoms with E-state index in [9.17, 15) is 9.59 Å². The maximum absolute atomic E-state index is 12.3. The number of carbonyl (C=O) groups excluding carboxylic acids is 2. The standard InChI is InChI=1S/C20H18N4O3S2/c1-11-4-6-13(7-5-11)15-10-28-20(21-15)22-17(25)9-27-19(26)16-8-14-12(2)23-24(3)18(14)29-16/h4-8,10H,9H2,1-3H3,(H,21,22,25). The van der Waals surface area contributed by atoms with E-state index in [2.05, 4.69) is 15.4 Å². The fourth-order valence-electron chi connectivity index (χ4n) is 2.85. The third-order valence-electron chi connectivity index (χ3n) is 4.33. The summed E-state index contributed by atoms with van der Waals surface area (Å²) in [7, 11) is 1.83. The molecule has 1 amide bonds. The van der Waals surface area contributed by atoms with Crippen molar-refractivity contribution in [1.29, 1.82) is 0 Å². The molecule has 148 valence electrons. The number of carbonyl (C=O) groups is 2. The number of ether oxygens (including phenoxy) is 1. The van der Waals surface area contributed by atoms with E-state index in [1.165, 1.54) is 28.2 Å². The van der Waals surface area contributed by atoms with Crippen LogP contribution in [-0.2, 0) is 16.6 Å². The van der Waals surface area contributed by atoms with Gasteiger partial charge in [-0.25, -0.2) is 9.78 Å². The third kappa shape index (κ3) is 4.06. The molecule has 4 rings (SSSR count). The van der Waals surface area contributed by atoms with Crippen LogP contribution in [0.2, 0.25) is 0 Å². The third-order valence-corrected chi connectivity index (χ3v) is 6.27. The summed E-state index contributed by atoms with van der Waals surface area (Å²) in [6.07, 6.45) is 0. The molecule has 0 atom stereocenters. The zero-order valence-corrected chi connectivity index (χ0v) is 17.7. The number of thiazole rings is 1. The minimum atomic E-state index is -0.528. The summed E-state index contributed by atoms with van der Waals surface area (Å²) in [6, 6.07) is 9.74. The Hall–Kier alpha value is -3.04. The van der Waals surface area contributed by atoms with Crippen molar-refractivity contribution in [2.24, 2.45) is 7.05 Å². The number of fused-ring (bicyclic) bond motifs is 1. The SMILES string of the molecule is Cc1ccc(-c2csc(NC(=O)COC(=O)c3cc4c(C)nn(C)c4s3)n2)cc1. The molecule has 0 bridgehead atoms. The number of aryl methyl sites for hydroxylation is 3. The molecule has 3 heterocycles. The van der Waals surface area contributed by atoms with Gasteiger partial charge in [0.25, 0.3) is 5.91 Å². The van der Waals surface area contributed by atoms with Crippen LogP contribution >= 0.6 is 22.7 Å². The van der Waals surface area contributed by atoms with Crippen molar-refractivity contribution in [2.45, 2.75) is 13.8 Å². The number of esters is 1. The highest BCUT2D eigenvalue weighted by Gasteiger charge is 2.17. The van der Waals surface area contributed by atoms with Gasteiger partial charge in [0.2, 0.25) is 0 Å². The smallest absolute Gasteiger partial charge is 0.348 e. The summed E-state index contributed by atoms with van der Waals surface area (Å²) in [5, 5.41) is 10.2. The Morgan fingerprint density at radius 3 is 2.69 bits per heavy atom. The number of nitrogens with one attached hydrogen (secondary N) is 1. The largest absolute Gasteiger partial charge is 0.451 e. The van der Waals surface area contributed by atoms with Crippen LogP contribution in [0, 0.1) is 13.8 Å². The normalized spacial score (nSPS) is 11.0. The number of rotatable bonds is 5. The number of amides is 1. The summed E-state index contributed by atoms with van der Waals surface area (Å²) >= 11 is 2.62. The number of thiophene rings is 1. The lowest BCUT2D eigenvalue weighted by molar-refractivity contribution is -0.119. The van der Waals surface area contributed by atoms with E-state index >= 15 is 0 Å². The van der Waals surface area contributed by atoms with Crippen LogP contribution in [0.25, 0.3) is 21.5 Å². The molecule has 0 aliphatic rings. The van der Waals surface area contributed by atoms with Crippen LogP contribution < -0.4 is 5.32 Å². The highest BCUT2D eigenvalue weighted by atomic mass is 32.1. The zero-order chi connectivity index (χ0) is 20.5. The van der Waals surface area contributed by atoms with Gasteiger partial charge in [-0.1, -0.05) is 29.8 Å². The van der Waals surface area contributed by atoms with Crippen molar-refractivity contribution in [2.75, 3.05) is 11.9 Å². The second kappa shape index (κ2) is 7.76. The second-order valence-corrected chi connectivity index (χ2v) is 8.46. The van der Waals surface area contributed by atoms with Crippen LogP contribution in [0.3, 0.4) is 0 Å². The molecule has 0 radical (unpaired) electrons. The molecule has 3 aromatic heterocycles. The molecule has 9 heteroatoms. The van der Waals surface area contributed by atoms with Gasteiger partial charge in [-0.3, -0.25) is 14.8 Å². The van der Waals surface area contributed by atoms with Gasteiger partial charge in [0.1, 0.15) is 9.71 Å². The lowest BCUT2D eigenvalue weighted by atomic mass is 10.1. The number of anilines is 1. The molecule has 29 heavy (non-hydrogen) atoms. The molecule has 0 aliphatic heterocycles. The van der Waals surface area contributed by atoms with Crippen LogP contribution in [0.5, 0.6) is 0 Å². The van der Waals surface area contributed by atoms with Crippen molar-refractivity contribution in [1.82, 2.24) is 14.8 Å². The Balaban J connectivity index is 1.35. The molecule has 0 aliphatic carbocycles. The van der Waals surface area contributed by atoms with E-state index in [4.69, 9.17) is 4.74 Å². The van der Waals surface area contributed by atoms with Gasteiger partial charge < -0.3 is 4.74 Å². The molecule has 0 unspecified atom stereocenters.